The summed E-state index contributed by atoms with van der Waals surface area (Å²) in [7, 11) is -3.34. The van der Waals surface area contributed by atoms with Gasteiger partial charge in [-0.1, -0.05) is 43.7 Å². The molecule has 2 rings (SSSR count). The van der Waals surface area contributed by atoms with Gasteiger partial charge in [-0.15, -0.1) is 0 Å². The highest BCUT2D eigenvalue weighted by Gasteiger charge is 2.37. The molecule has 0 aromatic heterocycles. The van der Waals surface area contributed by atoms with Crippen LogP contribution in [-0.2, 0) is 10.2 Å². The molecule has 1 aromatic rings. The molecule has 112 valence electrons. The van der Waals surface area contributed by atoms with Crippen LogP contribution in [0.3, 0.4) is 0 Å². The maximum absolute atomic E-state index is 12.7. The van der Waals surface area contributed by atoms with Crippen LogP contribution < -0.4 is 0 Å². The van der Waals surface area contributed by atoms with Crippen LogP contribution in [0.25, 0.3) is 0 Å². The van der Waals surface area contributed by atoms with E-state index in [9.17, 15) is 8.42 Å². The van der Waals surface area contributed by atoms with Crippen LogP contribution in [-0.4, -0.2) is 36.7 Å². The lowest BCUT2D eigenvalue weighted by molar-refractivity contribution is 0.338. The van der Waals surface area contributed by atoms with Gasteiger partial charge in [0.2, 0.25) is 0 Å². The van der Waals surface area contributed by atoms with Crippen LogP contribution >= 0.6 is 0 Å². The van der Waals surface area contributed by atoms with E-state index >= 15 is 0 Å². The first-order valence-corrected chi connectivity index (χ1v) is 8.73. The Morgan fingerprint density at radius 3 is 2.35 bits per heavy atom. The molecule has 5 heteroatoms. The number of aryl methyl sites for hydroxylation is 1. The molecule has 1 aliphatic rings. The fourth-order valence-electron chi connectivity index (χ4n) is 2.84. The fraction of sp³-hybridized carbons (Fsp3) is 0.600. The topological polar surface area (TPSA) is 40.6 Å². The van der Waals surface area contributed by atoms with E-state index in [2.05, 4.69) is 24.3 Å². The van der Waals surface area contributed by atoms with Gasteiger partial charge in [0.1, 0.15) is 0 Å². The standard InChI is InChI=1S/C15H24N2O2S/c1-4-16(5-2)20(18,19)17-12-6-7-15(17)14-10-8-13(3)9-11-14/h8-11,15H,4-7,12H2,1-3H3. The minimum absolute atomic E-state index is 0.0128. The molecule has 0 spiro atoms. The SMILES string of the molecule is CCN(CC)S(=O)(=O)N1CCCC1c1ccc(C)cc1. The van der Waals surface area contributed by atoms with Gasteiger partial charge in [0.25, 0.3) is 10.2 Å². The zero-order chi connectivity index (χ0) is 14.8. The summed E-state index contributed by atoms with van der Waals surface area (Å²) in [6.07, 6.45) is 1.84. The van der Waals surface area contributed by atoms with Crippen molar-refractivity contribution in [2.24, 2.45) is 0 Å². The van der Waals surface area contributed by atoms with E-state index in [0.29, 0.717) is 19.6 Å². The van der Waals surface area contributed by atoms with Gasteiger partial charge < -0.3 is 0 Å². The zero-order valence-corrected chi connectivity index (χ0v) is 13.4. The van der Waals surface area contributed by atoms with E-state index in [1.807, 2.05) is 20.8 Å². The van der Waals surface area contributed by atoms with Gasteiger partial charge in [-0.25, -0.2) is 0 Å². The summed E-state index contributed by atoms with van der Waals surface area (Å²) in [5.41, 5.74) is 2.30. The molecule has 1 heterocycles. The average Bonchev–Trinajstić information content (AvgIpc) is 2.90. The van der Waals surface area contributed by atoms with Crippen molar-refractivity contribution in [2.75, 3.05) is 19.6 Å². The van der Waals surface area contributed by atoms with Gasteiger partial charge in [-0.05, 0) is 25.3 Å². The minimum Gasteiger partial charge on any atom is -0.195 e. The maximum atomic E-state index is 12.7. The monoisotopic (exact) mass is 296 g/mol. The summed E-state index contributed by atoms with van der Waals surface area (Å²) in [6.45, 7) is 7.49. The van der Waals surface area contributed by atoms with Gasteiger partial charge in [-0.3, -0.25) is 0 Å². The van der Waals surface area contributed by atoms with Gasteiger partial charge in [0.15, 0.2) is 0 Å². The van der Waals surface area contributed by atoms with Crippen molar-refractivity contribution in [3.05, 3.63) is 35.4 Å². The van der Waals surface area contributed by atoms with Crippen LogP contribution in [0.15, 0.2) is 24.3 Å². The number of hydrogen-bond acceptors (Lipinski definition) is 2. The molecule has 0 N–H and O–H groups in total. The molecule has 1 aliphatic heterocycles. The Morgan fingerprint density at radius 2 is 1.80 bits per heavy atom. The van der Waals surface area contributed by atoms with Crippen molar-refractivity contribution in [3.63, 3.8) is 0 Å². The highest BCUT2D eigenvalue weighted by molar-refractivity contribution is 7.86. The Hall–Kier alpha value is -0.910. The first kappa shape index (κ1) is 15.5. The second-order valence-corrected chi connectivity index (χ2v) is 7.15. The van der Waals surface area contributed by atoms with E-state index in [4.69, 9.17) is 0 Å². The van der Waals surface area contributed by atoms with Gasteiger partial charge >= 0.3 is 0 Å². The Morgan fingerprint density at radius 1 is 1.20 bits per heavy atom. The smallest absolute Gasteiger partial charge is 0.195 e. The fourth-order valence-corrected chi connectivity index (χ4v) is 4.69. The maximum Gasteiger partial charge on any atom is 0.282 e. The number of rotatable bonds is 5. The lowest BCUT2D eigenvalue weighted by Crippen LogP contribution is -2.43. The van der Waals surface area contributed by atoms with E-state index < -0.39 is 10.2 Å². The highest BCUT2D eigenvalue weighted by Crippen LogP contribution is 2.35. The van der Waals surface area contributed by atoms with Crippen molar-refractivity contribution in [3.8, 4) is 0 Å². The number of benzene rings is 1. The summed E-state index contributed by atoms with van der Waals surface area (Å²) < 4.78 is 28.6. The first-order valence-electron chi connectivity index (χ1n) is 7.34. The molecule has 0 radical (unpaired) electrons. The molecule has 1 atom stereocenters. The summed E-state index contributed by atoms with van der Waals surface area (Å²) in [5.74, 6) is 0. The van der Waals surface area contributed by atoms with Crippen LogP contribution in [0.4, 0.5) is 0 Å². The molecule has 1 fully saturated rings. The lowest BCUT2D eigenvalue weighted by atomic mass is 10.0. The third-order valence-corrected chi connectivity index (χ3v) is 6.19. The zero-order valence-electron chi connectivity index (χ0n) is 12.5. The van der Waals surface area contributed by atoms with Crippen molar-refractivity contribution >= 4 is 10.2 Å². The van der Waals surface area contributed by atoms with Crippen LogP contribution in [0.1, 0.15) is 43.9 Å². The average molecular weight is 296 g/mol. The van der Waals surface area contributed by atoms with E-state index in [1.54, 1.807) is 8.61 Å². The molecular formula is C15H24N2O2S. The van der Waals surface area contributed by atoms with Crippen molar-refractivity contribution < 1.29 is 8.42 Å². The van der Waals surface area contributed by atoms with Crippen molar-refractivity contribution in [2.45, 2.75) is 39.7 Å². The van der Waals surface area contributed by atoms with Gasteiger partial charge in [-0.2, -0.15) is 17.0 Å². The van der Waals surface area contributed by atoms with Crippen molar-refractivity contribution in [1.82, 2.24) is 8.61 Å². The molecule has 0 bridgehead atoms. The first-order chi connectivity index (χ1) is 9.50. The van der Waals surface area contributed by atoms with Crippen LogP contribution in [0.2, 0.25) is 0 Å². The summed E-state index contributed by atoms with van der Waals surface area (Å²) in [5, 5.41) is 0. The molecule has 20 heavy (non-hydrogen) atoms. The molecule has 0 amide bonds. The molecule has 0 saturated carbocycles. The molecule has 1 saturated heterocycles. The number of nitrogens with zero attached hydrogens (tertiary/aromatic N) is 2. The Bertz CT molecular complexity index is 535. The normalized spacial score (nSPS) is 20.7. The van der Waals surface area contributed by atoms with E-state index in [0.717, 1.165) is 18.4 Å². The van der Waals surface area contributed by atoms with E-state index in [1.165, 1.54) is 5.56 Å². The molecular weight excluding hydrogens is 272 g/mol. The molecule has 0 aliphatic carbocycles. The Balaban J connectivity index is 2.29. The third kappa shape index (κ3) is 2.90. The highest BCUT2D eigenvalue weighted by atomic mass is 32.2. The second kappa shape index (κ2) is 6.24. The van der Waals surface area contributed by atoms with E-state index in [-0.39, 0.29) is 6.04 Å². The number of hydrogen-bond donors (Lipinski definition) is 0. The second-order valence-electron chi connectivity index (χ2n) is 5.27. The van der Waals surface area contributed by atoms with Crippen molar-refractivity contribution in [1.29, 1.82) is 0 Å². The predicted molar refractivity (Wildman–Crippen MR) is 81.7 cm³/mol. The van der Waals surface area contributed by atoms with Gasteiger partial charge in [0, 0.05) is 19.6 Å². The third-order valence-electron chi connectivity index (χ3n) is 3.99. The predicted octanol–water partition coefficient (Wildman–Crippen LogP) is 2.72. The lowest BCUT2D eigenvalue weighted by Gasteiger charge is -2.30. The largest absolute Gasteiger partial charge is 0.282 e. The van der Waals surface area contributed by atoms with Gasteiger partial charge in [0.05, 0.1) is 6.04 Å². The van der Waals surface area contributed by atoms with Crippen LogP contribution in [0.5, 0.6) is 0 Å². The van der Waals surface area contributed by atoms with Crippen LogP contribution in [0, 0.1) is 6.92 Å². The molecule has 1 unspecified atom stereocenters. The summed E-state index contributed by atoms with van der Waals surface area (Å²) in [6, 6.07) is 8.19. The Labute approximate surface area is 122 Å². The molecule has 1 aromatic carbocycles. The Kier molecular flexibility index (Phi) is 4.83. The quantitative estimate of drug-likeness (QED) is 0.838. The summed E-state index contributed by atoms with van der Waals surface area (Å²) in [4.78, 5) is 0. The summed E-state index contributed by atoms with van der Waals surface area (Å²) >= 11 is 0. The minimum atomic E-state index is -3.34. The molecule has 4 nitrogen and oxygen atoms in total.